The molecule has 0 aliphatic heterocycles. The summed E-state index contributed by atoms with van der Waals surface area (Å²) in [5.74, 6) is 1.39. The molecule has 0 saturated heterocycles. The molecule has 0 aliphatic carbocycles. The van der Waals surface area contributed by atoms with Gasteiger partial charge in [-0.2, -0.15) is 0 Å². The summed E-state index contributed by atoms with van der Waals surface area (Å²) in [4.78, 5) is 5.03. The molecule has 1 N–H and O–H groups in total. The van der Waals surface area contributed by atoms with E-state index in [9.17, 15) is 9.32 Å². The number of aliphatic imine (C=N–C) groups is 1. The molecular weight excluding hydrogens is 426 g/mol. The molecule has 7 heteroatoms. The van der Waals surface area contributed by atoms with Crippen LogP contribution in [0.3, 0.4) is 0 Å². The van der Waals surface area contributed by atoms with E-state index in [0.717, 1.165) is 5.56 Å². The summed E-state index contributed by atoms with van der Waals surface area (Å²) in [5, 5.41) is 9.68. The van der Waals surface area contributed by atoms with Gasteiger partial charge < -0.3 is 18.8 Å². The Hall–Kier alpha value is -3.32. The van der Waals surface area contributed by atoms with Gasteiger partial charge in [-0.3, -0.25) is 4.99 Å². The fourth-order valence-corrected chi connectivity index (χ4v) is 3.58. The van der Waals surface area contributed by atoms with Gasteiger partial charge >= 0.3 is 0 Å². The topological polar surface area (TPSA) is 77.3 Å². The van der Waals surface area contributed by atoms with E-state index in [2.05, 4.69) is 4.99 Å². The normalized spacial score (nSPS) is 11.4. The fraction of sp³-hybridized carbons (Fsp3) is 0.240. The number of benzene rings is 3. The molecule has 0 fully saturated rings. The maximum Gasteiger partial charge on any atom is 0.240 e. The van der Waals surface area contributed by atoms with Gasteiger partial charge in [0.25, 0.3) is 0 Å². The summed E-state index contributed by atoms with van der Waals surface area (Å²) in [6.07, 6.45) is 2.35. The molecule has 0 radical (unpaired) electrons. The van der Waals surface area contributed by atoms with Crippen LogP contribution >= 0.6 is 0 Å². The third-order valence-electron chi connectivity index (χ3n) is 4.33. The third kappa shape index (κ3) is 6.85. The number of hydrogen-bond acceptors (Lipinski definition) is 6. The Morgan fingerprint density at radius 3 is 2.34 bits per heavy atom. The minimum Gasteiger partial charge on any atom is -0.504 e. The first-order chi connectivity index (χ1) is 15.6. The second-order valence-electron chi connectivity index (χ2n) is 6.30. The highest BCUT2D eigenvalue weighted by Crippen LogP contribution is 2.32. The maximum atomic E-state index is 12.6. The molecule has 0 heterocycles. The van der Waals surface area contributed by atoms with Gasteiger partial charge in [0.1, 0.15) is 0 Å². The zero-order valence-corrected chi connectivity index (χ0v) is 19.6. The predicted molar refractivity (Wildman–Crippen MR) is 129 cm³/mol. The Kier molecular flexibility index (Phi) is 10.3. The minimum absolute atomic E-state index is 0.106. The van der Waals surface area contributed by atoms with Crippen molar-refractivity contribution in [3.05, 3.63) is 77.9 Å². The Labute approximate surface area is 192 Å². The number of rotatable bonds is 9. The average Bonchev–Trinajstić information content (AvgIpc) is 2.85. The summed E-state index contributed by atoms with van der Waals surface area (Å²) in [6, 6.07) is 19.6. The molecule has 0 aliphatic rings. The first-order valence-electron chi connectivity index (χ1n) is 10.3. The smallest absolute Gasteiger partial charge is 0.240 e. The van der Waals surface area contributed by atoms with Gasteiger partial charge in [-0.15, -0.1) is 0 Å². The number of methoxy groups -OCH3 is 2. The molecule has 32 heavy (non-hydrogen) atoms. The zero-order valence-electron chi connectivity index (χ0n) is 18.8. The van der Waals surface area contributed by atoms with Crippen molar-refractivity contribution in [2.45, 2.75) is 25.2 Å². The second kappa shape index (κ2) is 13.2. The number of phenolic OH excluding ortho intramolecular Hbond substituents is 1. The lowest BCUT2D eigenvalue weighted by Gasteiger charge is -2.12. The van der Waals surface area contributed by atoms with Crippen molar-refractivity contribution in [3.63, 3.8) is 0 Å². The van der Waals surface area contributed by atoms with E-state index in [4.69, 9.17) is 13.7 Å². The molecule has 0 aromatic heterocycles. The largest absolute Gasteiger partial charge is 0.504 e. The number of nitrogens with zero attached hydrogens (tertiary/aromatic N) is 1. The Balaban J connectivity index is 0.00000176. The molecule has 0 bridgehead atoms. The molecule has 1 unspecified atom stereocenters. The third-order valence-corrected chi connectivity index (χ3v) is 5.30. The van der Waals surface area contributed by atoms with Gasteiger partial charge in [-0.1, -0.05) is 44.2 Å². The van der Waals surface area contributed by atoms with Gasteiger partial charge in [-0.25, -0.2) is 4.21 Å². The number of para-hydroxylation sites is 1. The molecular formula is C25H29NO5S. The minimum atomic E-state index is -1.68. The molecule has 6 nitrogen and oxygen atoms in total. The highest BCUT2D eigenvalue weighted by molar-refractivity contribution is 7.80. The maximum absolute atomic E-state index is 12.6. The van der Waals surface area contributed by atoms with E-state index >= 15 is 0 Å². The van der Waals surface area contributed by atoms with Crippen molar-refractivity contribution in [3.8, 4) is 23.0 Å². The van der Waals surface area contributed by atoms with Crippen molar-refractivity contribution in [1.29, 1.82) is 0 Å². The SMILES string of the molecule is CC.COc1cc(CCN=Cc2cccc(OC)c2OS(=O)c2ccccc2)ccc1O. The Bertz CT molecular complexity index is 1040. The van der Waals surface area contributed by atoms with Crippen LogP contribution in [-0.2, 0) is 17.5 Å². The van der Waals surface area contributed by atoms with Crippen LogP contribution in [0.15, 0.2) is 76.6 Å². The van der Waals surface area contributed by atoms with E-state index in [-0.39, 0.29) is 5.75 Å². The van der Waals surface area contributed by atoms with Crippen LogP contribution in [0.4, 0.5) is 0 Å². The standard InChI is InChI=1S/C23H23NO5S.C2H6/c1-27-21-10-6-7-18(23(21)29-30(26)19-8-4-3-5-9-19)16-24-14-13-17-11-12-20(25)22(15-17)28-2;1-2/h3-12,15-16,25H,13-14H2,1-2H3;1-2H3. The van der Waals surface area contributed by atoms with Gasteiger partial charge in [0, 0.05) is 18.3 Å². The van der Waals surface area contributed by atoms with Gasteiger partial charge in [0.05, 0.1) is 19.1 Å². The van der Waals surface area contributed by atoms with Crippen molar-refractivity contribution in [1.82, 2.24) is 0 Å². The molecule has 3 aromatic rings. The predicted octanol–water partition coefficient (Wildman–Crippen LogP) is 5.20. The van der Waals surface area contributed by atoms with Crippen LogP contribution in [0.1, 0.15) is 25.0 Å². The average molecular weight is 456 g/mol. The van der Waals surface area contributed by atoms with Crippen LogP contribution < -0.4 is 13.7 Å². The van der Waals surface area contributed by atoms with Gasteiger partial charge in [-0.05, 0) is 48.4 Å². The van der Waals surface area contributed by atoms with Gasteiger partial charge in [0.15, 0.2) is 23.0 Å². The van der Waals surface area contributed by atoms with Crippen molar-refractivity contribution in [2.75, 3.05) is 20.8 Å². The van der Waals surface area contributed by atoms with E-state index in [1.54, 1.807) is 48.7 Å². The summed E-state index contributed by atoms with van der Waals surface area (Å²) in [6.45, 7) is 4.52. The number of aromatic hydroxyl groups is 1. The number of hydrogen-bond donors (Lipinski definition) is 1. The lowest BCUT2D eigenvalue weighted by Crippen LogP contribution is -2.05. The summed E-state index contributed by atoms with van der Waals surface area (Å²) < 4.78 is 28.8. The molecule has 3 aromatic carbocycles. The molecule has 170 valence electrons. The monoisotopic (exact) mass is 455 g/mol. The fourth-order valence-electron chi connectivity index (χ4n) is 2.77. The van der Waals surface area contributed by atoms with Gasteiger partial charge in [0.2, 0.25) is 11.1 Å². The summed E-state index contributed by atoms with van der Waals surface area (Å²) in [7, 11) is 3.05. The lowest BCUT2D eigenvalue weighted by atomic mass is 10.1. The van der Waals surface area contributed by atoms with Crippen molar-refractivity contribution in [2.24, 2.45) is 4.99 Å². The number of phenols is 1. The summed E-state index contributed by atoms with van der Waals surface area (Å²) in [5.41, 5.74) is 1.66. The zero-order chi connectivity index (χ0) is 23.3. The van der Waals surface area contributed by atoms with Crippen LogP contribution in [-0.4, -0.2) is 36.3 Å². The molecule has 0 amide bonds. The van der Waals surface area contributed by atoms with Crippen molar-refractivity contribution < 1.29 is 23.0 Å². The Morgan fingerprint density at radius 2 is 1.66 bits per heavy atom. The lowest BCUT2D eigenvalue weighted by molar-refractivity contribution is 0.373. The van der Waals surface area contributed by atoms with E-state index in [1.807, 2.05) is 38.1 Å². The summed E-state index contributed by atoms with van der Waals surface area (Å²) >= 11 is -1.68. The first-order valence-corrected chi connectivity index (χ1v) is 11.4. The Morgan fingerprint density at radius 1 is 0.938 bits per heavy atom. The van der Waals surface area contributed by atoms with E-state index in [0.29, 0.717) is 40.7 Å². The quantitative estimate of drug-likeness (QED) is 0.449. The van der Waals surface area contributed by atoms with E-state index in [1.165, 1.54) is 14.2 Å². The number of ether oxygens (including phenoxy) is 2. The van der Waals surface area contributed by atoms with Crippen LogP contribution in [0.2, 0.25) is 0 Å². The van der Waals surface area contributed by atoms with Crippen molar-refractivity contribution >= 4 is 17.3 Å². The highest BCUT2D eigenvalue weighted by atomic mass is 32.2. The highest BCUT2D eigenvalue weighted by Gasteiger charge is 2.14. The van der Waals surface area contributed by atoms with E-state index < -0.39 is 11.1 Å². The molecule has 3 rings (SSSR count). The van der Waals surface area contributed by atoms with Crippen LogP contribution in [0, 0.1) is 0 Å². The molecule has 1 atom stereocenters. The molecule has 0 spiro atoms. The van der Waals surface area contributed by atoms with Crippen LogP contribution in [0.25, 0.3) is 0 Å². The first kappa shape index (κ1) is 24.9. The van der Waals surface area contributed by atoms with Crippen LogP contribution in [0.5, 0.6) is 23.0 Å². The molecule has 0 saturated carbocycles. The second-order valence-corrected chi connectivity index (χ2v) is 7.41.